The topological polar surface area (TPSA) is 122 Å². The molecule has 2 amide bonds. The van der Waals surface area contributed by atoms with Crippen molar-refractivity contribution in [2.24, 2.45) is 0 Å². The summed E-state index contributed by atoms with van der Waals surface area (Å²) in [7, 11) is 1.48. The SMILES string of the molecule is Cc1cc(NC(=O)CN(C)C(=O)c2ccc(COc3ccccc3C#N)o2)no1. The van der Waals surface area contributed by atoms with Crippen LogP contribution in [0.5, 0.6) is 5.75 Å². The van der Waals surface area contributed by atoms with Gasteiger partial charge in [-0.2, -0.15) is 5.26 Å². The fraction of sp³-hybridized carbons (Fsp3) is 0.200. The summed E-state index contributed by atoms with van der Waals surface area (Å²) in [5, 5.41) is 15.3. The van der Waals surface area contributed by atoms with Crippen LogP contribution < -0.4 is 10.1 Å². The third-order valence-corrected chi connectivity index (χ3v) is 3.87. The maximum absolute atomic E-state index is 12.5. The predicted octanol–water partition coefficient (Wildman–Crippen LogP) is 2.74. The van der Waals surface area contributed by atoms with Gasteiger partial charge in [0.2, 0.25) is 5.91 Å². The number of likely N-dealkylation sites (N-methyl/N-ethyl adjacent to an activating group) is 1. The Morgan fingerprint density at radius 1 is 1.28 bits per heavy atom. The van der Waals surface area contributed by atoms with Crippen LogP contribution in [0.2, 0.25) is 0 Å². The number of amides is 2. The first-order valence-electron chi connectivity index (χ1n) is 8.65. The average molecular weight is 394 g/mol. The van der Waals surface area contributed by atoms with E-state index in [-0.39, 0.29) is 24.7 Å². The zero-order valence-corrected chi connectivity index (χ0v) is 15.8. The molecule has 0 fully saturated rings. The monoisotopic (exact) mass is 394 g/mol. The molecule has 1 aromatic carbocycles. The van der Waals surface area contributed by atoms with Gasteiger partial charge in [-0.1, -0.05) is 17.3 Å². The number of ether oxygens (including phenoxy) is 1. The highest BCUT2D eigenvalue weighted by molar-refractivity contribution is 5.97. The van der Waals surface area contributed by atoms with Crippen molar-refractivity contribution in [3.8, 4) is 11.8 Å². The van der Waals surface area contributed by atoms with E-state index < -0.39 is 11.8 Å². The van der Waals surface area contributed by atoms with Gasteiger partial charge in [-0.25, -0.2) is 0 Å². The molecule has 0 saturated carbocycles. The molecule has 3 aromatic rings. The molecule has 0 bridgehead atoms. The van der Waals surface area contributed by atoms with Crippen LogP contribution in [-0.4, -0.2) is 35.5 Å². The lowest BCUT2D eigenvalue weighted by molar-refractivity contribution is -0.116. The molecule has 0 spiro atoms. The van der Waals surface area contributed by atoms with Crippen LogP contribution in [0.15, 0.2) is 51.4 Å². The number of hydrogen-bond acceptors (Lipinski definition) is 7. The summed E-state index contributed by atoms with van der Waals surface area (Å²) in [6.07, 6.45) is 0. The number of rotatable bonds is 7. The zero-order valence-electron chi connectivity index (χ0n) is 15.8. The highest BCUT2D eigenvalue weighted by Crippen LogP contribution is 2.19. The molecule has 9 heteroatoms. The molecule has 0 atom stereocenters. The quantitative estimate of drug-likeness (QED) is 0.654. The summed E-state index contributed by atoms with van der Waals surface area (Å²) in [6.45, 7) is 1.57. The summed E-state index contributed by atoms with van der Waals surface area (Å²) in [4.78, 5) is 25.7. The molecule has 0 radical (unpaired) electrons. The second-order valence-corrected chi connectivity index (χ2v) is 6.19. The van der Waals surface area contributed by atoms with Crippen molar-refractivity contribution in [3.05, 3.63) is 65.3 Å². The minimum Gasteiger partial charge on any atom is -0.484 e. The first-order valence-corrected chi connectivity index (χ1v) is 8.65. The number of nitrogens with one attached hydrogen (secondary N) is 1. The summed E-state index contributed by atoms with van der Waals surface area (Å²) >= 11 is 0. The first-order chi connectivity index (χ1) is 14.0. The second-order valence-electron chi connectivity index (χ2n) is 6.19. The van der Waals surface area contributed by atoms with Crippen molar-refractivity contribution in [3.63, 3.8) is 0 Å². The molecule has 0 aliphatic carbocycles. The van der Waals surface area contributed by atoms with Crippen molar-refractivity contribution >= 4 is 17.6 Å². The van der Waals surface area contributed by atoms with E-state index in [0.717, 1.165) is 0 Å². The zero-order chi connectivity index (χ0) is 20.8. The largest absolute Gasteiger partial charge is 0.484 e. The molecule has 2 heterocycles. The normalized spacial score (nSPS) is 10.2. The Kier molecular flexibility index (Phi) is 5.94. The lowest BCUT2D eigenvalue weighted by Gasteiger charge is -2.14. The molecule has 9 nitrogen and oxygen atoms in total. The van der Waals surface area contributed by atoms with Crippen molar-refractivity contribution in [1.29, 1.82) is 5.26 Å². The molecule has 148 valence electrons. The molecule has 0 aliphatic heterocycles. The summed E-state index contributed by atoms with van der Waals surface area (Å²) in [5.41, 5.74) is 0.406. The molecule has 0 saturated heterocycles. The Labute approximate surface area is 166 Å². The lowest BCUT2D eigenvalue weighted by atomic mass is 10.2. The van der Waals surface area contributed by atoms with Crippen LogP contribution in [0.25, 0.3) is 0 Å². The summed E-state index contributed by atoms with van der Waals surface area (Å²) in [6, 6.07) is 13.5. The highest BCUT2D eigenvalue weighted by atomic mass is 16.5. The van der Waals surface area contributed by atoms with Crippen LogP contribution >= 0.6 is 0 Å². The third-order valence-electron chi connectivity index (χ3n) is 3.87. The van der Waals surface area contributed by atoms with E-state index in [1.165, 1.54) is 18.0 Å². The Balaban J connectivity index is 1.55. The van der Waals surface area contributed by atoms with Gasteiger partial charge in [-0.15, -0.1) is 0 Å². The number of carbonyl (C=O) groups is 2. The van der Waals surface area contributed by atoms with E-state index in [9.17, 15) is 9.59 Å². The minimum absolute atomic E-state index is 0.0572. The van der Waals surface area contributed by atoms with Crippen molar-refractivity contribution in [1.82, 2.24) is 10.1 Å². The third kappa shape index (κ3) is 5.01. The van der Waals surface area contributed by atoms with Gasteiger partial charge in [0.05, 0.1) is 5.56 Å². The number of nitrogens with zero attached hydrogens (tertiary/aromatic N) is 3. The molecule has 1 N–H and O–H groups in total. The Bertz CT molecular complexity index is 1060. The number of nitriles is 1. The molecule has 29 heavy (non-hydrogen) atoms. The van der Waals surface area contributed by atoms with E-state index in [1.54, 1.807) is 43.3 Å². The predicted molar refractivity (Wildman–Crippen MR) is 101 cm³/mol. The number of para-hydroxylation sites is 1. The number of furan rings is 1. The van der Waals surface area contributed by atoms with Crippen LogP contribution in [0.1, 0.15) is 27.6 Å². The van der Waals surface area contributed by atoms with Gasteiger partial charge >= 0.3 is 0 Å². The molecule has 3 rings (SSSR count). The van der Waals surface area contributed by atoms with Crippen molar-refractivity contribution in [2.45, 2.75) is 13.5 Å². The second kappa shape index (κ2) is 8.75. The molecular formula is C20H18N4O5. The standard InChI is InChI=1S/C20H18N4O5/c1-13-9-18(23-29-13)22-19(25)11-24(2)20(26)17-8-7-15(28-17)12-27-16-6-4-3-5-14(16)10-21/h3-9H,11-12H2,1-2H3,(H,22,23,25). The first kappa shape index (κ1) is 19.7. The van der Waals surface area contributed by atoms with Gasteiger partial charge in [0.25, 0.3) is 5.91 Å². The summed E-state index contributed by atoms with van der Waals surface area (Å²) < 4.78 is 16.0. The number of carbonyl (C=O) groups excluding carboxylic acids is 2. The smallest absolute Gasteiger partial charge is 0.289 e. The Morgan fingerprint density at radius 2 is 2.07 bits per heavy atom. The molecule has 2 aromatic heterocycles. The fourth-order valence-corrected chi connectivity index (χ4v) is 2.49. The number of benzene rings is 1. The lowest BCUT2D eigenvalue weighted by Crippen LogP contribution is -2.34. The van der Waals surface area contributed by atoms with E-state index in [0.29, 0.717) is 22.8 Å². The van der Waals surface area contributed by atoms with E-state index in [2.05, 4.69) is 10.5 Å². The molecule has 0 unspecified atom stereocenters. The van der Waals surface area contributed by atoms with E-state index in [4.69, 9.17) is 18.9 Å². The number of aromatic nitrogens is 1. The van der Waals surface area contributed by atoms with Gasteiger partial charge in [0, 0.05) is 13.1 Å². The summed E-state index contributed by atoms with van der Waals surface area (Å²) in [5.74, 6) is 0.881. The maximum Gasteiger partial charge on any atom is 0.289 e. The van der Waals surface area contributed by atoms with Gasteiger partial charge in [-0.3, -0.25) is 9.59 Å². The maximum atomic E-state index is 12.5. The number of hydrogen-bond donors (Lipinski definition) is 1. The minimum atomic E-state index is -0.458. The highest BCUT2D eigenvalue weighted by Gasteiger charge is 2.19. The average Bonchev–Trinajstić information content (AvgIpc) is 3.34. The fourth-order valence-electron chi connectivity index (χ4n) is 2.49. The molecule has 0 aliphatic rings. The molecular weight excluding hydrogens is 376 g/mol. The number of aryl methyl sites for hydroxylation is 1. The van der Waals surface area contributed by atoms with Crippen LogP contribution in [-0.2, 0) is 11.4 Å². The van der Waals surface area contributed by atoms with Gasteiger partial charge in [0.15, 0.2) is 11.6 Å². The van der Waals surface area contributed by atoms with Gasteiger partial charge < -0.3 is 23.9 Å². The number of anilines is 1. The van der Waals surface area contributed by atoms with Crippen molar-refractivity contribution < 1.29 is 23.3 Å². The van der Waals surface area contributed by atoms with E-state index >= 15 is 0 Å². The van der Waals surface area contributed by atoms with Crippen LogP contribution in [0.4, 0.5) is 5.82 Å². The Hall–Kier alpha value is -4.06. The van der Waals surface area contributed by atoms with Gasteiger partial charge in [0.1, 0.15) is 36.5 Å². The van der Waals surface area contributed by atoms with Crippen LogP contribution in [0, 0.1) is 18.3 Å². The van der Waals surface area contributed by atoms with E-state index in [1.807, 2.05) is 6.07 Å². The Morgan fingerprint density at radius 3 is 2.79 bits per heavy atom. The van der Waals surface area contributed by atoms with Crippen LogP contribution in [0.3, 0.4) is 0 Å². The van der Waals surface area contributed by atoms with Crippen molar-refractivity contribution in [2.75, 3.05) is 18.9 Å². The van der Waals surface area contributed by atoms with Gasteiger partial charge in [-0.05, 0) is 31.2 Å².